The number of hydrogen-bond acceptors (Lipinski definition) is 6. The standard InChI is InChI=1S/C14H8Cl2F6N2O2S2/c15-7-3-9(23)5(1-11(7)25-13(17,18)19)6-2-12(26-14(20,21)22)8(16)4-10(6)24(27)28/h1-4,27-28H,23H2. The Labute approximate surface area is 175 Å². The third-order valence-electron chi connectivity index (χ3n) is 3.11. The lowest BCUT2D eigenvalue weighted by Gasteiger charge is -2.20. The van der Waals surface area contributed by atoms with Crippen molar-refractivity contribution < 1.29 is 35.8 Å². The lowest BCUT2D eigenvalue weighted by atomic mass is 10.0. The van der Waals surface area contributed by atoms with Crippen molar-refractivity contribution in [3.8, 4) is 22.6 Å². The van der Waals surface area contributed by atoms with E-state index < -0.39 is 34.3 Å². The fourth-order valence-electron chi connectivity index (χ4n) is 2.13. The maximum atomic E-state index is 12.6. The van der Waals surface area contributed by atoms with Crippen molar-refractivity contribution in [1.29, 1.82) is 0 Å². The molecule has 154 valence electrons. The van der Waals surface area contributed by atoms with Gasteiger partial charge in [-0.2, -0.15) is 0 Å². The predicted octanol–water partition coefficient (Wildman–Crippen LogP) is 6.54. The van der Waals surface area contributed by atoms with E-state index in [2.05, 4.69) is 35.1 Å². The molecule has 0 aromatic heterocycles. The number of alkyl halides is 6. The lowest BCUT2D eigenvalue weighted by Crippen LogP contribution is -2.18. The van der Waals surface area contributed by atoms with Crippen molar-refractivity contribution in [2.45, 2.75) is 12.7 Å². The summed E-state index contributed by atoms with van der Waals surface area (Å²) in [6, 6.07) is 3.58. The van der Waals surface area contributed by atoms with Crippen LogP contribution in [0, 0.1) is 0 Å². The maximum absolute atomic E-state index is 12.6. The van der Waals surface area contributed by atoms with Crippen LogP contribution in [0.25, 0.3) is 11.1 Å². The zero-order valence-electron chi connectivity index (χ0n) is 13.1. The van der Waals surface area contributed by atoms with Gasteiger partial charge in [-0.3, -0.25) is 3.71 Å². The minimum atomic E-state index is -5.07. The minimum Gasteiger partial charge on any atom is -0.404 e. The van der Waals surface area contributed by atoms with Crippen LogP contribution in [0.15, 0.2) is 24.3 Å². The van der Waals surface area contributed by atoms with Gasteiger partial charge >= 0.3 is 12.7 Å². The number of nitrogen functional groups attached to an aromatic ring is 1. The monoisotopic (exact) mass is 484 g/mol. The molecule has 2 N–H and O–H groups in total. The van der Waals surface area contributed by atoms with E-state index >= 15 is 0 Å². The van der Waals surface area contributed by atoms with Crippen LogP contribution in [0.5, 0.6) is 11.5 Å². The number of anilines is 2. The molecule has 0 fully saturated rings. The number of ether oxygens (including phenoxy) is 2. The Hall–Kier alpha value is -1.50. The van der Waals surface area contributed by atoms with Crippen LogP contribution in [0.2, 0.25) is 10.0 Å². The quantitative estimate of drug-likeness (QED) is 0.262. The summed E-state index contributed by atoms with van der Waals surface area (Å²) in [5.41, 5.74) is 5.33. The molecule has 0 aliphatic heterocycles. The number of rotatable bonds is 4. The molecule has 0 atom stereocenters. The molecule has 2 aromatic carbocycles. The molecular formula is C14H8Cl2F6N2O2S2. The van der Waals surface area contributed by atoms with Gasteiger partial charge in [-0.05, 0) is 24.3 Å². The fourth-order valence-corrected chi connectivity index (χ4v) is 2.87. The SMILES string of the molecule is Nc1cc(Cl)c(OC(F)(F)F)cc1-c1cc(OC(F)(F)F)c(Cl)cc1N(S)S. The molecule has 0 amide bonds. The predicted molar refractivity (Wildman–Crippen MR) is 100 cm³/mol. The molecule has 0 radical (unpaired) electrons. The zero-order valence-corrected chi connectivity index (χ0v) is 16.4. The van der Waals surface area contributed by atoms with Crippen LogP contribution >= 0.6 is 48.8 Å². The normalized spacial score (nSPS) is 12.1. The van der Waals surface area contributed by atoms with E-state index in [1.165, 1.54) is 0 Å². The number of hydrogen-bond donors (Lipinski definition) is 3. The van der Waals surface area contributed by atoms with Gasteiger partial charge in [0.1, 0.15) is 11.5 Å². The highest BCUT2D eigenvalue weighted by molar-refractivity contribution is 8.00. The summed E-state index contributed by atoms with van der Waals surface area (Å²) in [6.45, 7) is 0. The summed E-state index contributed by atoms with van der Waals surface area (Å²) in [6.07, 6.45) is -10.1. The van der Waals surface area contributed by atoms with Gasteiger partial charge in [0, 0.05) is 16.8 Å². The van der Waals surface area contributed by atoms with E-state index in [-0.39, 0.29) is 22.5 Å². The van der Waals surface area contributed by atoms with Crippen molar-refractivity contribution in [2.75, 3.05) is 9.44 Å². The van der Waals surface area contributed by atoms with Gasteiger partial charge in [0.25, 0.3) is 0 Å². The van der Waals surface area contributed by atoms with Gasteiger partial charge in [-0.25, -0.2) is 0 Å². The topological polar surface area (TPSA) is 47.7 Å². The second-order valence-electron chi connectivity index (χ2n) is 5.05. The van der Waals surface area contributed by atoms with E-state index in [9.17, 15) is 26.3 Å². The van der Waals surface area contributed by atoms with E-state index in [0.29, 0.717) is 0 Å². The Bertz CT molecular complexity index is 894. The first-order valence-electron chi connectivity index (χ1n) is 6.80. The third-order valence-corrected chi connectivity index (χ3v) is 4.13. The summed E-state index contributed by atoms with van der Waals surface area (Å²) in [7, 11) is 0. The first-order valence-corrected chi connectivity index (χ1v) is 8.36. The Morgan fingerprint density at radius 2 is 1.21 bits per heavy atom. The van der Waals surface area contributed by atoms with Gasteiger partial charge in [0.05, 0.1) is 15.7 Å². The van der Waals surface area contributed by atoms with Crippen molar-refractivity contribution in [3.63, 3.8) is 0 Å². The smallest absolute Gasteiger partial charge is 0.404 e. The lowest BCUT2D eigenvalue weighted by molar-refractivity contribution is -0.275. The molecular weight excluding hydrogens is 477 g/mol. The highest BCUT2D eigenvalue weighted by atomic mass is 35.5. The Morgan fingerprint density at radius 3 is 1.64 bits per heavy atom. The average molecular weight is 485 g/mol. The Balaban J connectivity index is 2.71. The number of benzene rings is 2. The second kappa shape index (κ2) is 8.09. The molecule has 0 unspecified atom stereocenters. The van der Waals surface area contributed by atoms with Gasteiger partial charge in [-0.15, -0.1) is 26.3 Å². The van der Waals surface area contributed by atoms with Gasteiger partial charge in [0.2, 0.25) is 0 Å². The van der Waals surface area contributed by atoms with Crippen molar-refractivity contribution in [2.24, 2.45) is 0 Å². The molecule has 0 spiro atoms. The van der Waals surface area contributed by atoms with Crippen molar-refractivity contribution in [3.05, 3.63) is 34.3 Å². The van der Waals surface area contributed by atoms with Gasteiger partial charge in [0.15, 0.2) is 0 Å². The van der Waals surface area contributed by atoms with E-state index in [1.807, 2.05) is 0 Å². The summed E-state index contributed by atoms with van der Waals surface area (Å²) in [4.78, 5) is 0. The van der Waals surface area contributed by atoms with Crippen LogP contribution < -0.4 is 18.9 Å². The summed E-state index contributed by atoms with van der Waals surface area (Å²) < 4.78 is 83.9. The first kappa shape index (κ1) is 22.8. The number of thiol groups is 2. The zero-order chi connectivity index (χ0) is 21.4. The summed E-state index contributed by atoms with van der Waals surface area (Å²) in [5, 5.41) is -0.919. The molecule has 0 bridgehead atoms. The molecule has 14 heteroatoms. The largest absolute Gasteiger partial charge is 0.573 e. The van der Waals surface area contributed by atoms with Crippen LogP contribution in [0.1, 0.15) is 0 Å². The maximum Gasteiger partial charge on any atom is 0.573 e. The first-order chi connectivity index (χ1) is 12.7. The summed E-state index contributed by atoms with van der Waals surface area (Å²) >= 11 is 19.3. The third kappa shape index (κ3) is 5.75. The van der Waals surface area contributed by atoms with Crippen LogP contribution in [-0.2, 0) is 0 Å². The van der Waals surface area contributed by atoms with Crippen LogP contribution in [0.4, 0.5) is 37.7 Å². The minimum absolute atomic E-state index is 0.00169. The van der Waals surface area contributed by atoms with E-state index in [0.717, 1.165) is 28.0 Å². The van der Waals surface area contributed by atoms with Gasteiger partial charge < -0.3 is 15.2 Å². The van der Waals surface area contributed by atoms with Crippen LogP contribution in [0.3, 0.4) is 0 Å². The molecule has 28 heavy (non-hydrogen) atoms. The summed E-state index contributed by atoms with van der Waals surface area (Å²) in [5.74, 6) is -1.63. The molecule has 4 nitrogen and oxygen atoms in total. The molecule has 0 aliphatic rings. The van der Waals surface area contributed by atoms with Crippen molar-refractivity contribution in [1.82, 2.24) is 0 Å². The molecule has 0 aliphatic carbocycles. The Morgan fingerprint density at radius 1 is 0.786 bits per heavy atom. The fraction of sp³-hybridized carbons (Fsp3) is 0.143. The number of nitrogens with zero attached hydrogens (tertiary/aromatic N) is 1. The Kier molecular flexibility index (Phi) is 6.58. The van der Waals surface area contributed by atoms with E-state index in [1.54, 1.807) is 0 Å². The second-order valence-corrected chi connectivity index (χ2v) is 6.98. The highest BCUT2D eigenvalue weighted by Gasteiger charge is 2.34. The van der Waals surface area contributed by atoms with E-state index in [4.69, 9.17) is 28.9 Å². The molecule has 2 rings (SSSR count). The van der Waals surface area contributed by atoms with Crippen LogP contribution in [-0.4, -0.2) is 12.7 Å². The molecule has 0 heterocycles. The number of halogens is 8. The van der Waals surface area contributed by atoms with Crippen molar-refractivity contribution >= 4 is 60.2 Å². The highest BCUT2D eigenvalue weighted by Crippen LogP contribution is 2.46. The van der Waals surface area contributed by atoms with Gasteiger partial charge in [-0.1, -0.05) is 48.8 Å². The average Bonchev–Trinajstić information content (AvgIpc) is 2.49. The number of nitrogens with two attached hydrogens (primary N) is 1. The molecule has 0 saturated heterocycles. The molecule has 2 aromatic rings. The molecule has 0 saturated carbocycles.